The minimum atomic E-state index is -0.393. The molecule has 1 aliphatic rings. The third-order valence-corrected chi connectivity index (χ3v) is 4.58. The summed E-state index contributed by atoms with van der Waals surface area (Å²) < 4.78 is 9.05. The molecule has 0 saturated heterocycles. The highest BCUT2D eigenvalue weighted by molar-refractivity contribution is 7.11. The van der Waals surface area contributed by atoms with Crippen LogP contribution in [0.3, 0.4) is 0 Å². The average molecular weight is 283 g/mol. The summed E-state index contributed by atoms with van der Waals surface area (Å²) in [5, 5.41) is 4.05. The lowest BCUT2D eigenvalue weighted by Crippen LogP contribution is -2.17. The maximum Gasteiger partial charge on any atom is 0.344 e. The van der Waals surface area contributed by atoms with Crippen molar-refractivity contribution in [2.45, 2.75) is 33.1 Å². The standard InChI is InChI=1S/C13H21N3O2S/c1-3-18-13(17)10-11(14)16-19-12(10)15-7-9-6-4-5-8(9)2/h8-9,15H,3-7H2,1-2H3,(H2,14,16). The van der Waals surface area contributed by atoms with Crippen LogP contribution in [0.5, 0.6) is 0 Å². The Morgan fingerprint density at radius 3 is 3.00 bits per heavy atom. The largest absolute Gasteiger partial charge is 0.462 e. The molecule has 0 radical (unpaired) electrons. The molecule has 106 valence electrons. The number of hydrogen-bond donors (Lipinski definition) is 2. The molecule has 0 aromatic carbocycles. The van der Waals surface area contributed by atoms with Crippen molar-refractivity contribution >= 4 is 28.3 Å². The van der Waals surface area contributed by atoms with Gasteiger partial charge in [0.05, 0.1) is 6.61 Å². The number of aromatic nitrogens is 1. The number of carbonyl (C=O) groups excluding carboxylic acids is 1. The van der Waals surface area contributed by atoms with Gasteiger partial charge in [0, 0.05) is 6.54 Å². The molecule has 1 aliphatic carbocycles. The van der Waals surface area contributed by atoms with Gasteiger partial charge in [-0.05, 0) is 36.7 Å². The molecule has 1 aromatic heterocycles. The lowest BCUT2D eigenvalue weighted by Gasteiger charge is -2.16. The lowest BCUT2D eigenvalue weighted by atomic mass is 9.98. The quantitative estimate of drug-likeness (QED) is 0.812. The fourth-order valence-corrected chi connectivity index (χ4v) is 3.28. The molecular formula is C13H21N3O2S. The van der Waals surface area contributed by atoms with E-state index in [1.54, 1.807) is 6.92 Å². The van der Waals surface area contributed by atoms with Crippen LogP contribution < -0.4 is 11.1 Å². The van der Waals surface area contributed by atoms with E-state index >= 15 is 0 Å². The van der Waals surface area contributed by atoms with Crippen LogP contribution in [0.4, 0.5) is 10.8 Å². The van der Waals surface area contributed by atoms with Gasteiger partial charge >= 0.3 is 5.97 Å². The van der Waals surface area contributed by atoms with Crippen molar-refractivity contribution in [3.63, 3.8) is 0 Å². The summed E-state index contributed by atoms with van der Waals surface area (Å²) in [4.78, 5) is 11.8. The summed E-state index contributed by atoms with van der Waals surface area (Å²) in [5.41, 5.74) is 6.13. The second-order valence-corrected chi connectivity index (χ2v) is 5.81. The molecular weight excluding hydrogens is 262 g/mol. The van der Waals surface area contributed by atoms with Crippen molar-refractivity contribution < 1.29 is 9.53 Å². The predicted molar refractivity (Wildman–Crippen MR) is 77.5 cm³/mol. The highest BCUT2D eigenvalue weighted by Crippen LogP contribution is 2.33. The van der Waals surface area contributed by atoms with Crippen molar-refractivity contribution in [3.8, 4) is 0 Å². The number of nitrogens with zero attached hydrogens (tertiary/aromatic N) is 1. The van der Waals surface area contributed by atoms with E-state index in [1.165, 1.54) is 30.8 Å². The van der Waals surface area contributed by atoms with E-state index in [0.29, 0.717) is 18.1 Å². The summed E-state index contributed by atoms with van der Waals surface area (Å²) in [6, 6.07) is 0. The van der Waals surface area contributed by atoms with Crippen LogP contribution in [0.2, 0.25) is 0 Å². The number of esters is 1. The first kappa shape index (κ1) is 14.1. The van der Waals surface area contributed by atoms with E-state index in [1.807, 2.05) is 0 Å². The fourth-order valence-electron chi connectivity index (χ4n) is 2.57. The Labute approximate surface area is 117 Å². The Balaban J connectivity index is 2.02. The van der Waals surface area contributed by atoms with Crippen LogP contribution in [0.25, 0.3) is 0 Å². The highest BCUT2D eigenvalue weighted by Gasteiger charge is 2.25. The molecule has 0 amide bonds. The lowest BCUT2D eigenvalue weighted by molar-refractivity contribution is 0.0529. The maximum atomic E-state index is 11.8. The smallest absolute Gasteiger partial charge is 0.344 e. The number of nitrogens with one attached hydrogen (secondary N) is 1. The monoisotopic (exact) mass is 283 g/mol. The molecule has 1 heterocycles. The van der Waals surface area contributed by atoms with Gasteiger partial charge in [0.15, 0.2) is 5.82 Å². The predicted octanol–water partition coefficient (Wildman–Crippen LogP) is 2.75. The summed E-state index contributed by atoms with van der Waals surface area (Å²) in [5.74, 6) is 1.27. The molecule has 0 bridgehead atoms. The minimum Gasteiger partial charge on any atom is -0.462 e. The Bertz CT molecular complexity index is 447. The third kappa shape index (κ3) is 3.18. The zero-order chi connectivity index (χ0) is 13.8. The molecule has 5 nitrogen and oxygen atoms in total. The van der Waals surface area contributed by atoms with Gasteiger partial charge in [-0.25, -0.2) is 4.79 Å². The SMILES string of the molecule is CCOC(=O)c1c(N)nsc1NCC1CCCC1C. The van der Waals surface area contributed by atoms with Gasteiger partial charge in [0.2, 0.25) is 0 Å². The number of hydrogen-bond acceptors (Lipinski definition) is 6. The number of ether oxygens (including phenoxy) is 1. The molecule has 6 heteroatoms. The van der Waals surface area contributed by atoms with E-state index in [0.717, 1.165) is 17.5 Å². The molecule has 2 rings (SSSR count). The maximum absolute atomic E-state index is 11.8. The number of nitrogens with two attached hydrogens (primary N) is 1. The third-order valence-electron chi connectivity index (χ3n) is 3.76. The number of anilines is 2. The summed E-state index contributed by atoms with van der Waals surface area (Å²) in [7, 11) is 0. The summed E-state index contributed by atoms with van der Waals surface area (Å²) in [6.45, 7) is 5.27. The Morgan fingerprint density at radius 2 is 2.37 bits per heavy atom. The average Bonchev–Trinajstić information content (AvgIpc) is 2.93. The molecule has 0 spiro atoms. The molecule has 1 fully saturated rings. The zero-order valence-electron chi connectivity index (χ0n) is 11.4. The highest BCUT2D eigenvalue weighted by atomic mass is 32.1. The molecule has 19 heavy (non-hydrogen) atoms. The number of nitrogen functional groups attached to an aromatic ring is 1. The molecule has 2 atom stereocenters. The van der Waals surface area contributed by atoms with Crippen molar-refractivity contribution in [1.29, 1.82) is 0 Å². The van der Waals surface area contributed by atoms with Crippen molar-refractivity contribution in [2.24, 2.45) is 11.8 Å². The zero-order valence-corrected chi connectivity index (χ0v) is 12.3. The van der Waals surface area contributed by atoms with E-state index in [2.05, 4.69) is 16.6 Å². The van der Waals surface area contributed by atoms with E-state index < -0.39 is 5.97 Å². The van der Waals surface area contributed by atoms with E-state index in [4.69, 9.17) is 10.5 Å². The second-order valence-electron chi connectivity index (χ2n) is 5.04. The number of rotatable bonds is 5. The van der Waals surface area contributed by atoms with Gasteiger partial charge in [-0.15, -0.1) is 0 Å². The van der Waals surface area contributed by atoms with Crippen LogP contribution in [0.1, 0.15) is 43.5 Å². The first-order chi connectivity index (χ1) is 9.13. The van der Waals surface area contributed by atoms with Gasteiger partial charge in [-0.1, -0.05) is 19.8 Å². The van der Waals surface area contributed by atoms with Gasteiger partial charge in [-0.3, -0.25) is 0 Å². The first-order valence-corrected chi connectivity index (χ1v) is 7.57. The van der Waals surface area contributed by atoms with Crippen LogP contribution >= 0.6 is 11.5 Å². The molecule has 1 aromatic rings. The second kappa shape index (κ2) is 6.23. The summed E-state index contributed by atoms with van der Waals surface area (Å²) >= 11 is 1.23. The van der Waals surface area contributed by atoms with Crippen molar-refractivity contribution in [3.05, 3.63) is 5.56 Å². The van der Waals surface area contributed by atoms with Crippen LogP contribution in [0.15, 0.2) is 0 Å². The molecule has 2 unspecified atom stereocenters. The molecule has 3 N–H and O–H groups in total. The normalized spacial score (nSPS) is 22.4. The van der Waals surface area contributed by atoms with Crippen LogP contribution in [0, 0.1) is 11.8 Å². The van der Waals surface area contributed by atoms with Crippen molar-refractivity contribution in [2.75, 3.05) is 24.2 Å². The van der Waals surface area contributed by atoms with E-state index in [9.17, 15) is 4.79 Å². The Hall–Kier alpha value is -1.30. The van der Waals surface area contributed by atoms with Gasteiger partial charge in [0.25, 0.3) is 0 Å². The fraction of sp³-hybridized carbons (Fsp3) is 0.692. The van der Waals surface area contributed by atoms with E-state index in [-0.39, 0.29) is 5.82 Å². The number of carbonyl (C=O) groups is 1. The van der Waals surface area contributed by atoms with Gasteiger partial charge in [0.1, 0.15) is 10.6 Å². The van der Waals surface area contributed by atoms with Crippen LogP contribution in [-0.2, 0) is 4.74 Å². The van der Waals surface area contributed by atoms with Gasteiger partial charge < -0.3 is 15.8 Å². The van der Waals surface area contributed by atoms with Crippen molar-refractivity contribution in [1.82, 2.24) is 4.37 Å². The Morgan fingerprint density at radius 1 is 1.58 bits per heavy atom. The first-order valence-electron chi connectivity index (χ1n) is 6.79. The molecule has 1 saturated carbocycles. The summed E-state index contributed by atoms with van der Waals surface area (Å²) in [6.07, 6.45) is 3.84. The van der Waals surface area contributed by atoms with Crippen LogP contribution in [-0.4, -0.2) is 23.5 Å². The topological polar surface area (TPSA) is 77.2 Å². The molecule has 0 aliphatic heterocycles. The van der Waals surface area contributed by atoms with Gasteiger partial charge in [-0.2, -0.15) is 4.37 Å². The Kier molecular flexibility index (Phi) is 4.63. The minimum absolute atomic E-state index is 0.255.